The van der Waals surface area contributed by atoms with Crippen molar-refractivity contribution in [2.75, 3.05) is 13.1 Å². The van der Waals surface area contributed by atoms with Crippen LogP contribution in [-0.4, -0.2) is 71.2 Å². The van der Waals surface area contributed by atoms with Crippen molar-refractivity contribution in [2.45, 2.75) is 44.8 Å². The lowest BCUT2D eigenvalue weighted by Gasteiger charge is -2.40. The molecule has 3 rings (SSSR count). The molecule has 1 aromatic carbocycles. The Morgan fingerprint density at radius 3 is 2.60 bits per heavy atom. The van der Waals surface area contributed by atoms with E-state index in [-0.39, 0.29) is 54.6 Å². The van der Waals surface area contributed by atoms with Crippen LogP contribution in [0.4, 0.5) is 0 Å². The number of nitrogens with one attached hydrogen (secondary N) is 1. The maximum absolute atomic E-state index is 12.4. The summed E-state index contributed by atoms with van der Waals surface area (Å²) in [5.41, 5.74) is 6.04. The minimum absolute atomic E-state index is 0. The van der Waals surface area contributed by atoms with Crippen molar-refractivity contribution in [3.8, 4) is 11.5 Å². The van der Waals surface area contributed by atoms with Gasteiger partial charge in [0, 0.05) is 0 Å². The van der Waals surface area contributed by atoms with Crippen LogP contribution in [-0.2, 0) is 16.0 Å². The van der Waals surface area contributed by atoms with E-state index in [1.807, 2.05) is 0 Å². The average molecular weight is 442 g/mol. The normalized spacial score (nSPS) is 17.5. The highest BCUT2D eigenvalue weighted by Gasteiger charge is 2.37. The summed E-state index contributed by atoms with van der Waals surface area (Å²) in [6.07, 6.45) is 0.511. The highest BCUT2D eigenvalue weighted by molar-refractivity contribution is 6.44. The van der Waals surface area contributed by atoms with Crippen LogP contribution in [0.15, 0.2) is 12.1 Å². The Morgan fingerprint density at radius 1 is 1.33 bits per heavy atom. The molecule has 30 heavy (non-hydrogen) atoms. The number of halogens is 1. The number of aromatic carboxylic acids is 1. The smallest absolute Gasteiger partial charge is 0.522 e. The van der Waals surface area contributed by atoms with Crippen LogP contribution < -0.4 is 20.4 Å². The number of benzene rings is 1. The SMILES string of the molecule is C[C@H](N)C(=O)N[C@@H](C)C(=O)N1CC(Oc2ccc3c(c2C(=O)O)OB(O)CC3)C1.Cl. The molecular weight excluding hydrogens is 416 g/mol. The van der Waals surface area contributed by atoms with E-state index in [1.54, 1.807) is 19.1 Å². The van der Waals surface area contributed by atoms with Gasteiger partial charge in [-0.2, -0.15) is 0 Å². The molecule has 2 amide bonds. The number of aryl methyl sites for hydroxylation is 1. The van der Waals surface area contributed by atoms with Gasteiger partial charge in [0.15, 0.2) is 0 Å². The van der Waals surface area contributed by atoms with Gasteiger partial charge in [0.25, 0.3) is 0 Å². The fourth-order valence-corrected chi connectivity index (χ4v) is 3.27. The van der Waals surface area contributed by atoms with Gasteiger partial charge in [-0.15, -0.1) is 12.4 Å². The van der Waals surface area contributed by atoms with E-state index in [1.165, 1.54) is 11.8 Å². The zero-order valence-corrected chi connectivity index (χ0v) is 17.5. The minimum atomic E-state index is -1.22. The van der Waals surface area contributed by atoms with E-state index in [0.717, 1.165) is 0 Å². The summed E-state index contributed by atoms with van der Waals surface area (Å²) in [6.45, 7) is 3.63. The van der Waals surface area contributed by atoms with Crippen LogP contribution in [0.3, 0.4) is 0 Å². The lowest BCUT2D eigenvalue weighted by molar-refractivity contribution is -0.143. The fraction of sp³-hybridized carbons (Fsp3) is 0.500. The summed E-state index contributed by atoms with van der Waals surface area (Å²) < 4.78 is 11.1. The third kappa shape index (κ3) is 4.97. The average Bonchev–Trinajstić information content (AvgIpc) is 2.62. The third-order valence-corrected chi connectivity index (χ3v) is 4.93. The first-order chi connectivity index (χ1) is 13.7. The first-order valence-electron chi connectivity index (χ1n) is 9.42. The molecule has 1 saturated heterocycles. The molecule has 1 aromatic rings. The number of carboxylic acid groups (broad SMARTS) is 1. The molecule has 0 unspecified atom stereocenters. The van der Waals surface area contributed by atoms with Gasteiger partial charge < -0.3 is 35.5 Å². The minimum Gasteiger partial charge on any atom is -0.535 e. The van der Waals surface area contributed by atoms with E-state index >= 15 is 0 Å². The summed E-state index contributed by atoms with van der Waals surface area (Å²) in [7, 11) is -1.05. The number of nitrogens with two attached hydrogens (primary N) is 1. The van der Waals surface area contributed by atoms with Crippen molar-refractivity contribution in [2.24, 2.45) is 5.73 Å². The summed E-state index contributed by atoms with van der Waals surface area (Å²) in [4.78, 5) is 37.2. The topological polar surface area (TPSA) is 151 Å². The molecule has 2 aliphatic heterocycles. The number of likely N-dealkylation sites (tertiary alicyclic amines) is 1. The van der Waals surface area contributed by atoms with Crippen LogP contribution >= 0.6 is 12.4 Å². The Bertz CT molecular complexity index is 832. The highest BCUT2D eigenvalue weighted by atomic mass is 35.5. The first kappa shape index (κ1) is 23.8. The van der Waals surface area contributed by atoms with Gasteiger partial charge in [-0.25, -0.2) is 4.79 Å². The third-order valence-electron chi connectivity index (χ3n) is 4.93. The molecule has 2 heterocycles. The number of carbonyl (C=O) groups is 3. The number of fused-ring (bicyclic) bond motifs is 1. The van der Waals surface area contributed by atoms with E-state index < -0.39 is 31.1 Å². The molecule has 1 fully saturated rings. The summed E-state index contributed by atoms with van der Waals surface area (Å²) in [6, 6.07) is 1.86. The quantitative estimate of drug-likeness (QED) is 0.438. The highest BCUT2D eigenvalue weighted by Crippen LogP contribution is 2.37. The van der Waals surface area contributed by atoms with Crippen molar-refractivity contribution in [1.29, 1.82) is 0 Å². The molecule has 0 saturated carbocycles. The Kier molecular flexibility index (Phi) is 7.56. The molecule has 2 aliphatic rings. The number of nitrogens with zero attached hydrogens (tertiary/aromatic N) is 1. The molecular formula is C18H25BClN3O7. The van der Waals surface area contributed by atoms with Gasteiger partial charge in [-0.3, -0.25) is 9.59 Å². The predicted octanol–water partition coefficient (Wildman–Crippen LogP) is -0.336. The Balaban J connectivity index is 0.00000320. The zero-order valence-electron chi connectivity index (χ0n) is 16.7. The molecule has 10 nitrogen and oxygen atoms in total. The van der Waals surface area contributed by atoms with Gasteiger partial charge in [0.2, 0.25) is 11.8 Å². The fourth-order valence-electron chi connectivity index (χ4n) is 3.27. The van der Waals surface area contributed by atoms with Crippen molar-refractivity contribution in [3.63, 3.8) is 0 Å². The van der Waals surface area contributed by atoms with Gasteiger partial charge in [0.05, 0.1) is 19.1 Å². The second kappa shape index (κ2) is 9.54. The summed E-state index contributed by atoms with van der Waals surface area (Å²) in [5, 5.41) is 21.8. The largest absolute Gasteiger partial charge is 0.535 e. The number of rotatable bonds is 6. The summed E-state index contributed by atoms with van der Waals surface area (Å²) in [5.74, 6) is -1.66. The number of hydrogen-bond acceptors (Lipinski definition) is 7. The maximum Gasteiger partial charge on any atom is 0.522 e. The molecule has 0 aliphatic carbocycles. The van der Waals surface area contributed by atoms with Crippen LogP contribution in [0.1, 0.15) is 29.8 Å². The van der Waals surface area contributed by atoms with E-state index in [9.17, 15) is 24.5 Å². The first-order valence-corrected chi connectivity index (χ1v) is 9.42. The lowest BCUT2D eigenvalue weighted by Crippen LogP contribution is -2.61. The zero-order chi connectivity index (χ0) is 21.3. The molecule has 0 aromatic heterocycles. The van der Waals surface area contributed by atoms with Gasteiger partial charge in [0.1, 0.15) is 29.2 Å². The van der Waals surface area contributed by atoms with Gasteiger partial charge >= 0.3 is 13.1 Å². The molecule has 0 radical (unpaired) electrons. The number of carbonyl (C=O) groups excluding carboxylic acids is 2. The summed E-state index contributed by atoms with van der Waals surface area (Å²) >= 11 is 0. The Hall–Kier alpha value is -2.50. The second-order valence-electron chi connectivity index (χ2n) is 7.35. The van der Waals surface area contributed by atoms with Crippen LogP contribution in [0.25, 0.3) is 0 Å². The lowest BCUT2D eigenvalue weighted by atomic mass is 9.78. The Labute approximate surface area is 180 Å². The van der Waals surface area contributed by atoms with Crippen molar-refractivity contribution >= 4 is 37.3 Å². The molecule has 12 heteroatoms. The Morgan fingerprint density at radius 2 is 2.00 bits per heavy atom. The molecule has 0 bridgehead atoms. The van der Waals surface area contributed by atoms with Crippen molar-refractivity contribution in [3.05, 3.63) is 23.3 Å². The second-order valence-corrected chi connectivity index (χ2v) is 7.35. The number of carboxylic acids is 1. The molecule has 164 valence electrons. The van der Waals surface area contributed by atoms with Crippen molar-refractivity contribution in [1.82, 2.24) is 10.2 Å². The van der Waals surface area contributed by atoms with E-state index in [4.69, 9.17) is 15.1 Å². The van der Waals surface area contributed by atoms with Crippen LogP contribution in [0, 0.1) is 0 Å². The van der Waals surface area contributed by atoms with E-state index in [2.05, 4.69) is 5.32 Å². The standard InChI is InChI=1S/C18H24BN3O7.ClH/c1-9(20)16(23)21-10(2)17(24)22-7-12(8-22)28-13-4-3-11-5-6-19(27)29-15(11)14(13)18(25)26;/h3-4,9-10,12,27H,5-8,20H2,1-2H3,(H,21,23)(H,25,26);1H/t9-,10-;/m0./s1. The number of amides is 2. The number of hydrogen-bond donors (Lipinski definition) is 4. The van der Waals surface area contributed by atoms with Gasteiger partial charge in [-0.05, 0) is 38.2 Å². The van der Waals surface area contributed by atoms with Crippen LogP contribution in [0.5, 0.6) is 11.5 Å². The van der Waals surface area contributed by atoms with Crippen molar-refractivity contribution < 1.29 is 33.9 Å². The monoisotopic (exact) mass is 441 g/mol. The predicted molar refractivity (Wildman–Crippen MR) is 110 cm³/mol. The molecule has 0 spiro atoms. The van der Waals surface area contributed by atoms with Gasteiger partial charge in [-0.1, -0.05) is 6.07 Å². The number of ether oxygens (including phenoxy) is 1. The molecule has 5 N–H and O–H groups in total. The molecule has 2 atom stereocenters. The van der Waals surface area contributed by atoms with Crippen LogP contribution in [0.2, 0.25) is 6.32 Å². The van der Waals surface area contributed by atoms with E-state index in [0.29, 0.717) is 18.3 Å². The maximum atomic E-state index is 12.4.